The molecule has 1 rings (SSSR count). The van der Waals surface area contributed by atoms with E-state index in [-0.39, 0.29) is 17.8 Å². The van der Waals surface area contributed by atoms with Gasteiger partial charge in [0.15, 0.2) is 0 Å². The van der Waals surface area contributed by atoms with Crippen molar-refractivity contribution in [2.45, 2.75) is 32.9 Å². The van der Waals surface area contributed by atoms with Crippen LogP contribution in [0.3, 0.4) is 0 Å². The van der Waals surface area contributed by atoms with Crippen LogP contribution in [0, 0.1) is 5.82 Å². The summed E-state index contributed by atoms with van der Waals surface area (Å²) in [6.45, 7) is 4.74. The molecule has 0 heterocycles. The van der Waals surface area contributed by atoms with E-state index in [1.165, 1.54) is 13.2 Å². The number of carbonyl (C=O) groups is 1. The lowest BCUT2D eigenvalue weighted by molar-refractivity contribution is -0.121. The number of hydrogen-bond donors (Lipinski definition) is 2. The Balaban J connectivity index is 2.31. The maximum atomic E-state index is 13.6. The predicted octanol–water partition coefficient (Wildman–Crippen LogP) is 1.84. The van der Waals surface area contributed by atoms with Gasteiger partial charge in [-0.15, -0.1) is 0 Å². The Hall–Kier alpha value is -1.62. The molecule has 5 heteroatoms. The van der Waals surface area contributed by atoms with Crippen molar-refractivity contribution in [2.75, 3.05) is 13.7 Å². The first-order valence-electron chi connectivity index (χ1n) is 6.35. The van der Waals surface area contributed by atoms with Crippen LogP contribution in [0.4, 0.5) is 4.39 Å². The fraction of sp³-hybridized carbons (Fsp3) is 0.500. The smallest absolute Gasteiger partial charge is 0.221 e. The van der Waals surface area contributed by atoms with Gasteiger partial charge in [-0.3, -0.25) is 4.79 Å². The zero-order chi connectivity index (χ0) is 14.3. The van der Waals surface area contributed by atoms with Gasteiger partial charge in [0.1, 0.15) is 11.6 Å². The van der Waals surface area contributed by atoms with Gasteiger partial charge in [0.2, 0.25) is 5.91 Å². The predicted molar refractivity (Wildman–Crippen MR) is 72.6 cm³/mol. The van der Waals surface area contributed by atoms with E-state index in [0.29, 0.717) is 30.8 Å². The van der Waals surface area contributed by atoms with Gasteiger partial charge in [0, 0.05) is 37.2 Å². The summed E-state index contributed by atoms with van der Waals surface area (Å²) in [6.07, 6.45) is 0.385. The number of hydrogen-bond acceptors (Lipinski definition) is 3. The lowest BCUT2D eigenvalue weighted by Gasteiger charge is -2.09. The molecule has 0 radical (unpaired) electrons. The molecule has 106 valence electrons. The molecule has 0 aliphatic rings. The second-order valence-corrected chi connectivity index (χ2v) is 4.61. The second kappa shape index (κ2) is 7.74. The van der Waals surface area contributed by atoms with Gasteiger partial charge >= 0.3 is 0 Å². The molecule has 1 amide bonds. The minimum Gasteiger partial charge on any atom is -0.497 e. The summed E-state index contributed by atoms with van der Waals surface area (Å²) in [7, 11) is 1.50. The highest BCUT2D eigenvalue weighted by Gasteiger charge is 2.05. The van der Waals surface area contributed by atoms with E-state index in [1.54, 1.807) is 12.1 Å². The SMILES string of the molecule is COc1ccc(CNCCC(=O)NC(C)C)c(F)c1. The molecule has 0 aromatic heterocycles. The molecule has 0 fully saturated rings. The molecule has 0 bridgehead atoms. The highest BCUT2D eigenvalue weighted by Crippen LogP contribution is 2.15. The van der Waals surface area contributed by atoms with Crippen molar-refractivity contribution >= 4 is 5.91 Å². The molecular weight excluding hydrogens is 247 g/mol. The third-order valence-electron chi connectivity index (χ3n) is 2.55. The van der Waals surface area contributed by atoms with E-state index in [4.69, 9.17) is 4.74 Å². The van der Waals surface area contributed by atoms with E-state index < -0.39 is 0 Å². The van der Waals surface area contributed by atoms with Crippen LogP contribution >= 0.6 is 0 Å². The molecule has 4 nitrogen and oxygen atoms in total. The molecule has 0 atom stereocenters. The third kappa shape index (κ3) is 5.70. The quantitative estimate of drug-likeness (QED) is 0.742. The van der Waals surface area contributed by atoms with Gasteiger partial charge in [-0.05, 0) is 19.9 Å². The molecule has 0 aliphatic carbocycles. The molecule has 0 unspecified atom stereocenters. The minimum absolute atomic E-state index is 0.00213. The maximum Gasteiger partial charge on any atom is 0.221 e. The Labute approximate surface area is 113 Å². The molecule has 2 N–H and O–H groups in total. The zero-order valence-electron chi connectivity index (χ0n) is 11.6. The number of nitrogens with one attached hydrogen (secondary N) is 2. The van der Waals surface area contributed by atoms with Gasteiger partial charge in [0.05, 0.1) is 7.11 Å². The molecule has 1 aromatic carbocycles. The molecule has 19 heavy (non-hydrogen) atoms. The summed E-state index contributed by atoms with van der Waals surface area (Å²) in [5, 5.41) is 5.84. The van der Waals surface area contributed by atoms with Crippen molar-refractivity contribution in [1.82, 2.24) is 10.6 Å². The molecular formula is C14H21FN2O2. The zero-order valence-corrected chi connectivity index (χ0v) is 11.6. The summed E-state index contributed by atoms with van der Waals surface area (Å²) in [6, 6.07) is 4.88. The summed E-state index contributed by atoms with van der Waals surface area (Å²) >= 11 is 0. The van der Waals surface area contributed by atoms with Gasteiger partial charge in [-0.25, -0.2) is 4.39 Å². The van der Waals surface area contributed by atoms with Gasteiger partial charge < -0.3 is 15.4 Å². The van der Waals surface area contributed by atoms with Crippen LogP contribution in [0.25, 0.3) is 0 Å². The Morgan fingerprint density at radius 3 is 2.74 bits per heavy atom. The average Bonchev–Trinajstić information content (AvgIpc) is 2.35. The molecule has 0 aliphatic heterocycles. The first kappa shape index (κ1) is 15.4. The highest BCUT2D eigenvalue weighted by molar-refractivity contribution is 5.76. The normalized spacial score (nSPS) is 10.6. The Bertz CT molecular complexity index is 422. The minimum atomic E-state index is -0.307. The highest BCUT2D eigenvalue weighted by atomic mass is 19.1. The fourth-order valence-electron chi connectivity index (χ4n) is 1.62. The number of methoxy groups -OCH3 is 1. The Kier molecular flexibility index (Phi) is 6.29. The first-order chi connectivity index (χ1) is 9.02. The maximum absolute atomic E-state index is 13.6. The van der Waals surface area contributed by atoms with E-state index in [0.717, 1.165) is 0 Å². The van der Waals surface area contributed by atoms with E-state index in [1.807, 2.05) is 13.8 Å². The van der Waals surface area contributed by atoms with Crippen molar-refractivity contribution in [2.24, 2.45) is 0 Å². The second-order valence-electron chi connectivity index (χ2n) is 4.61. The average molecular weight is 268 g/mol. The van der Waals surface area contributed by atoms with Crippen molar-refractivity contribution in [3.05, 3.63) is 29.6 Å². The lowest BCUT2D eigenvalue weighted by atomic mass is 10.2. The van der Waals surface area contributed by atoms with Crippen molar-refractivity contribution in [3.63, 3.8) is 0 Å². The Morgan fingerprint density at radius 1 is 1.42 bits per heavy atom. The standard InChI is InChI=1S/C14H21FN2O2/c1-10(2)17-14(18)6-7-16-9-11-4-5-12(19-3)8-13(11)15/h4-5,8,10,16H,6-7,9H2,1-3H3,(H,17,18). The van der Waals surface area contributed by atoms with Crippen molar-refractivity contribution in [3.8, 4) is 5.75 Å². The number of carbonyl (C=O) groups excluding carboxylic acids is 1. The molecule has 0 spiro atoms. The van der Waals surface area contributed by atoms with Crippen LogP contribution in [0.1, 0.15) is 25.8 Å². The molecule has 0 saturated heterocycles. The third-order valence-corrected chi connectivity index (χ3v) is 2.55. The number of rotatable bonds is 7. The van der Waals surface area contributed by atoms with E-state index in [2.05, 4.69) is 10.6 Å². The fourth-order valence-corrected chi connectivity index (χ4v) is 1.62. The van der Waals surface area contributed by atoms with Crippen LogP contribution in [0.2, 0.25) is 0 Å². The first-order valence-corrected chi connectivity index (χ1v) is 6.35. The number of benzene rings is 1. The van der Waals surface area contributed by atoms with Crippen LogP contribution < -0.4 is 15.4 Å². The van der Waals surface area contributed by atoms with Crippen LogP contribution in [0.5, 0.6) is 5.75 Å². The van der Waals surface area contributed by atoms with E-state index >= 15 is 0 Å². The van der Waals surface area contributed by atoms with Gasteiger partial charge in [-0.1, -0.05) is 6.07 Å². The topological polar surface area (TPSA) is 50.4 Å². The Morgan fingerprint density at radius 2 is 2.16 bits per heavy atom. The number of halogens is 1. The number of amides is 1. The largest absolute Gasteiger partial charge is 0.497 e. The van der Waals surface area contributed by atoms with Gasteiger partial charge in [0.25, 0.3) is 0 Å². The van der Waals surface area contributed by atoms with Crippen molar-refractivity contribution < 1.29 is 13.9 Å². The van der Waals surface area contributed by atoms with Crippen LogP contribution in [-0.4, -0.2) is 25.6 Å². The summed E-state index contributed by atoms with van der Waals surface area (Å²) < 4.78 is 18.5. The summed E-state index contributed by atoms with van der Waals surface area (Å²) in [5.74, 6) is 0.189. The van der Waals surface area contributed by atoms with Gasteiger partial charge in [-0.2, -0.15) is 0 Å². The number of ether oxygens (including phenoxy) is 1. The van der Waals surface area contributed by atoms with E-state index in [9.17, 15) is 9.18 Å². The molecule has 1 aromatic rings. The monoisotopic (exact) mass is 268 g/mol. The van der Waals surface area contributed by atoms with Crippen LogP contribution in [-0.2, 0) is 11.3 Å². The lowest BCUT2D eigenvalue weighted by Crippen LogP contribution is -2.32. The van der Waals surface area contributed by atoms with Crippen molar-refractivity contribution in [1.29, 1.82) is 0 Å². The summed E-state index contributed by atoms with van der Waals surface area (Å²) in [4.78, 5) is 11.4. The molecule has 0 saturated carbocycles. The summed E-state index contributed by atoms with van der Waals surface area (Å²) in [5.41, 5.74) is 0.560. The van der Waals surface area contributed by atoms with Crippen LogP contribution in [0.15, 0.2) is 18.2 Å².